The number of aliphatic hydroxyl groups excluding tert-OH is 1. The van der Waals surface area contributed by atoms with Crippen molar-refractivity contribution < 1.29 is 19.7 Å². The van der Waals surface area contributed by atoms with Crippen LogP contribution in [0.15, 0.2) is 12.2 Å². The summed E-state index contributed by atoms with van der Waals surface area (Å²) in [5.41, 5.74) is 0. The molecule has 4 heteroatoms. The van der Waals surface area contributed by atoms with Gasteiger partial charge in [-0.15, -0.1) is 0 Å². The molecule has 144 valence electrons. The SMILES string of the molecule is CCCCC[C@H](O)/C=C/[C@@H]1[C@@H](CCCCCCC(=O)O)[C@H]2CO[C@@H]1C2. The largest absolute Gasteiger partial charge is 0.481 e. The summed E-state index contributed by atoms with van der Waals surface area (Å²) in [7, 11) is 0. The smallest absolute Gasteiger partial charge is 0.303 e. The average Bonchev–Trinajstić information content (AvgIpc) is 3.17. The zero-order valence-corrected chi connectivity index (χ0v) is 15.7. The molecule has 2 fully saturated rings. The van der Waals surface area contributed by atoms with E-state index in [4.69, 9.17) is 9.84 Å². The quantitative estimate of drug-likeness (QED) is 0.377. The van der Waals surface area contributed by atoms with Crippen LogP contribution in [0.25, 0.3) is 0 Å². The molecule has 25 heavy (non-hydrogen) atoms. The lowest BCUT2D eigenvalue weighted by atomic mass is 9.83. The van der Waals surface area contributed by atoms with Crippen LogP contribution < -0.4 is 0 Å². The molecule has 1 aliphatic heterocycles. The van der Waals surface area contributed by atoms with Crippen LogP contribution in [0.1, 0.15) is 77.6 Å². The average molecular weight is 353 g/mol. The standard InChI is InChI=1S/C21H36O4/c1-2-3-6-9-17(22)12-13-19-18(16-14-20(19)25-15-16)10-7-4-5-8-11-21(23)24/h12-13,16-20,22H,2-11,14-15H2,1H3,(H,23,24)/b13-12+/t16-,17+,18+,19-,20-/m1/s1. The van der Waals surface area contributed by atoms with Crippen molar-refractivity contribution in [2.24, 2.45) is 17.8 Å². The van der Waals surface area contributed by atoms with Crippen molar-refractivity contribution in [3.63, 3.8) is 0 Å². The number of aliphatic hydroxyl groups is 1. The van der Waals surface area contributed by atoms with E-state index in [2.05, 4.69) is 13.0 Å². The Balaban J connectivity index is 1.71. The third-order valence-electron chi connectivity index (χ3n) is 5.93. The Morgan fingerprint density at radius 2 is 2.00 bits per heavy atom. The van der Waals surface area contributed by atoms with Gasteiger partial charge < -0.3 is 14.9 Å². The van der Waals surface area contributed by atoms with E-state index in [-0.39, 0.29) is 6.10 Å². The number of unbranched alkanes of at least 4 members (excludes halogenated alkanes) is 5. The van der Waals surface area contributed by atoms with Crippen LogP contribution in [-0.2, 0) is 9.53 Å². The first-order valence-corrected chi connectivity index (χ1v) is 10.3. The van der Waals surface area contributed by atoms with Crippen LogP contribution in [0.2, 0.25) is 0 Å². The third kappa shape index (κ3) is 6.74. The number of carbonyl (C=O) groups is 1. The van der Waals surface area contributed by atoms with Crippen molar-refractivity contribution >= 4 is 5.97 Å². The maximum atomic E-state index is 10.5. The van der Waals surface area contributed by atoms with E-state index < -0.39 is 5.97 Å². The van der Waals surface area contributed by atoms with Crippen LogP contribution in [0.5, 0.6) is 0 Å². The summed E-state index contributed by atoms with van der Waals surface area (Å²) in [4.78, 5) is 10.5. The van der Waals surface area contributed by atoms with Gasteiger partial charge in [0.05, 0.1) is 18.8 Å². The molecule has 2 aliphatic rings. The number of hydrogen-bond donors (Lipinski definition) is 2. The number of aliphatic carboxylic acids is 1. The molecule has 1 aliphatic carbocycles. The molecule has 0 spiro atoms. The number of ether oxygens (including phenoxy) is 1. The third-order valence-corrected chi connectivity index (χ3v) is 5.93. The summed E-state index contributed by atoms with van der Waals surface area (Å²) in [5, 5.41) is 18.8. The Bertz CT molecular complexity index is 420. The molecule has 0 amide bonds. The molecule has 0 unspecified atom stereocenters. The second kappa shape index (κ2) is 11.0. The molecular weight excluding hydrogens is 316 g/mol. The predicted octanol–water partition coefficient (Wildman–Crippen LogP) is 4.56. The summed E-state index contributed by atoms with van der Waals surface area (Å²) in [5.74, 6) is 1.12. The van der Waals surface area contributed by atoms with Crippen LogP contribution in [-0.4, -0.2) is 35.0 Å². The molecule has 0 radical (unpaired) electrons. The molecular formula is C21H36O4. The van der Waals surface area contributed by atoms with Crippen molar-refractivity contribution in [3.05, 3.63) is 12.2 Å². The van der Waals surface area contributed by atoms with Gasteiger partial charge in [-0.25, -0.2) is 0 Å². The minimum Gasteiger partial charge on any atom is -0.481 e. The maximum absolute atomic E-state index is 10.5. The van der Waals surface area contributed by atoms with Crippen LogP contribution in [0, 0.1) is 17.8 Å². The molecule has 1 saturated carbocycles. The number of carboxylic acid groups (broad SMARTS) is 1. The van der Waals surface area contributed by atoms with Crippen LogP contribution in [0.3, 0.4) is 0 Å². The fourth-order valence-corrected chi connectivity index (χ4v) is 4.50. The van der Waals surface area contributed by atoms with Gasteiger partial charge in [0.25, 0.3) is 0 Å². The van der Waals surface area contributed by atoms with E-state index in [0.717, 1.165) is 38.7 Å². The van der Waals surface area contributed by atoms with Gasteiger partial charge in [-0.2, -0.15) is 0 Å². The molecule has 5 atom stereocenters. The molecule has 1 heterocycles. The van der Waals surface area contributed by atoms with Gasteiger partial charge >= 0.3 is 5.97 Å². The summed E-state index contributed by atoms with van der Waals surface area (Å²) in [6, 6.07) is 0. The molecule has 0 aromatic heterocycles. The highest BCUT2D eigenvalue weighted by Crippen LogP contribution is 2.47. The van der Waals surface area contributed by atoms with Gasteiger partial charge in [-0.3, -0.25) is 4.79 Å². The lowest BCUT2D eigenvalue weighted by Crippen LogP contribution is -2.28. The molecule has 0 aromatic carbocycles. The Morgan fingerprint density at radius 1 is 1.20 bits per heavy atom. The first kappa shape index (κ1) is 20.4. The van der Waals surface area contributed by atoms with Crippen molar-refractivity contribution in [2.45, 2.75) is 89.8 Å². The van der Waals surface area contributed by atoms with Crippen molar-refractivity contribution in [3.8, 4) is 0 Å². The highest BCUT2D eigenvalue weighted by atomic mass is 16.5. The zero-order valence-electron chi connectivity index (χ0n) is 15.7. The van der Waals surface area contributed by atoms with E-state index in [1.165, 1.54) is 32.1 Å². The van der Waals surface area contributed by atoms with Gasteiger partial charge in [0, 0.05) is 12.3 Å². The maximum Gasteiger partial charge on any atom is 0.303 e. The molecule has 2 N–H and O–H groups in total. The van der Waals surface area contributed by atoms with Gasteiger partial charge in [0.2, 0.25) is 0 Å². The Labute approximate surface area is 152 Å². The summed E-state index contributed by atoms with van der Waals surface area (Å²) < 4.78 is 5.90. The molecule has 1 saturated heterocycles. The number of fused-ring (bicyclic) bond motifs is 2. The van der Waals surface area contributed by atoms with Gasteiger partial charge in [-0.05, 0) is 37.5 Å². The second-order valence-electron chi connectivity index (χ2n) is 7.90. The van der Waals surface area contributed by atoms with E-state index in [0.29, 0.717) is 30.3 Å². The van der Waals surface area contributed by atoms with Crippen LogP contribution in [0.4, 0.5) is 0 Å². The van der Waals surface area contributed by atoms with E-state index in [9.17, 15) is 9.90 Å². The van der Waals surface area contributed by atoms with Gasteiger partial charge in [0.15, 0.2) is 0 Å². The van der Waals surface area contributed by atoms with E-state index in [1.54, 1.807) is 0 Å². The van der Waals surface area contributed by atoms with Crippen LogP contribution >= 0.6 is 0 Å². The monoisotopic (exact) mass is 352 g/mol. The second-order valence-corrected chi connectivity index (χ2v) is 7.90. The highest BCUT2D eigenvalue weighted by Gasteiger charge is 2.46. The first-order valence-electron chi connectivity index (χ1n) is 10.3. The molecule has 2 rings (SSSR count). The van der Waals surface area contributed by atoms with E-state index >= 15 is 0 Å². The minimum atomic E-state index is -0.687. The normalized spacial score (nSPS) is 29.5. The number of rotatable bonds is 13. The number of carboxylic acids is 1. The zero-order chi connectivity index (χ0) is 18.1. The number of hydrogen-bond acceptors (Lipinski definition) is 3. The van der Waals surface area contributed by atoms with Crippen molar-refractivity contribution in [1.29, 1.82) is 0 Å². The Morgan fingerprint density at radius 3 is 2.76 bits per heavy atom. The summed E-state index contributed by atoms with van der Waals surface area (Å²) in [6.07, 6.45) is 15.4. The highest BCUT2D eigenvalue weighted by molar-refractivity contribution is 5.66. The Kier molecular flexibility index (Phi) is 8.97. The van der Waals surface area contributed by atoms with Gasteiger partial charge in [-0.1, -0.05) is 57.6 Å². The summed E-state index contributed by atoms with van der Waals surface area (Å²) in [6.45, 7) is 3.08. The molecule has 0 aromatic rings. The predicted molar refractivity (Wildman–Crippen MR) is 99.5 cm³/mol. The minimum absolute atomic E-state index is 0.295. The fraction of sp³-hybridized carbons (Fsp3) is 0.857. The molecule has 4 nitrogen and oxygen atoms in total. The first-order chi connectivity index (χ1) is 12.1. The lowest BCUT2D eigenvalue weighted by Gasteiger charge is -2.29. The van der Waals surface area contributed by atoms with E-state index in [1.807, 2.05) is 6.08 Å². The topological polar surface area (TPSA) is 66.8 Å². The molecule has 2 bridgehead atoms. The van der Waals surface area contributed by atoms with Gasteiger partial charge in [0.1, 0.15) is 0 Å². The van der Waals surface area contributed by atoms with Crippen molar-refractivity contribution in [2.75, 3.05) is 6.61 Å². The lowest BCUT2D eigenvalue weighted by molar-refractivity contribution is -0.137. The summed E-state index contributed by atoms with van der Waals surface area (Å²) >= 11 is 0. The Hall–Kier alpha value is -0.870. The fourth-order valence-electron chi connectivity index (χ4n) is 4.50. The van der Waals surface area contributed by atoms with Crippen molar-refractivity contribution in [1.82, 2.24) is 0 Å².